The maximum Gasteiger partial charge on any atom is 0.329 e. The summed E-state index contributed by atoms with van der Waals surface area (Å²) in [6.45, 7) is 9.40. The summed E-state index contributed by atoms with van der Waals surface area (Å²) in [6.07, 6.45) is 2.95. The molecular formula is C27H41N3O5. The Morgan fingerprint density at radius 2 is 1.63 bits per heavy atom. The summed E-state index contributed by atoms with van der Waals surface area (Å²) in [6, 6.07) is 6.75. The molecule has 2 rings (SSSR count). The Morgan fingerprint density at radius 1 is 0.943 bits per heavy atom. The largest absolute Gasteiger partial charge is 0.460 e. The van der Waals surface area contributed by atoms with Crippen molar-refractivity contribution in [2.75, 3.05) is 0 Å². The number of esters is 1. The van der Waals surface area contributed by atoms with E-state index in [1.54, 1.807) is 6.92 Å². The monoisotopic (exact) mass is 487 g/mol. The molecule has 8 heteroatoms. The smallest absolute Gasteiger partial charge is 0.329 e. The number of nitrogens with one attached hydrogen (secondary N) is 3. The van der Waals surface area contributed by atoms with Crippen LogP contribution in [0.5, 0.6) is 0 Å². The molecule has 0 unspecified atom stereocenters. The van der Waals surface area contributed by atoms with Gasteiger partial charge in [-0.2, -0.15) is 0 Å². The van der Waals surface area contributed by atoms with E-state index in [0.29, 0.717) is 6.42 Å². The number of rotatable bonds is 8. The average molecular weight is 488 g/mol. The Balaban J connectivity index is 2.37. The van der Waals surface area contributed by atoms with E-state index in [1.807, 2.05) is 51.1 Å². The van der Waals surface area contributed by atoms with Gasteiger partial charge in [0.1, 0.15) is 24.2 Å². The summed E-state index contributed by atoms with van der Waals surface area (Å²) < 4.78 is 5.87. The normalized spacial score (nSPS) is 26.1. The lowest BCUT2D eigenvalue weighted by Crippen LogP contribution is -2.55. The molecule has 0 bridgehead atoms. The van der Waals surface area contributed by atoms with E-state index in [4.69, 9.17) is 4.74 Å². The van der Waals surface area contributed by atoms with E-state index in [9.17, 15) is 19.2 Å². The second kappa shape index (κ2) is 13.9. The third kappa shape index (κ3) is 8.67. The minimum atomic E-state index is -0.892. The average Bonchev–Trinajstić information content (AvgIpc) is 2.84. The van der Waals surface area contributed by atoms with Gasteiger partial charge in [-0.25, -0.2) is 4.79 Å². The van der Waals surface area contributed by atoms with Crippen molar-refractivity contribution in [1.29, 1.82) is 0 Å². The summed E-state index contributed by atoms with van der Waals surface area (Å²) in [7, 11) is 0. The van der Waals surface area contributed by atoms with Crippen LogP contribution < -0.4 is 16.0 Å². The molecule has 8 nitrogen and oxygen atoms in total. The number of cyclic esters (lactones) is 1. The lowest BCUT2D eigenvalue weighted by atomic mass is 9.94. The molecule has 0 radical (unpaired) electrons. The van der Waals surface area contributed by atoms with Gasteiger partial charge < -0.3 is 20.7 Å². The number of carbonyl (C=O) groups excluding carboxylic acids is 4. The highest BCUT2D eigenvalue weighted by molar-refractivity contribution is 5.94. The number of hydrogen-bond donors (Lipinski definition) is 3. The third-order valence-electron chi connectivity index (χ3n) is 6.75. The van der Waals surface area contributed by atoms with Crippen LogP contribution in [0.15, 0.2) is 30.3 Å². The first-order valence-corrected chi connectivity index (χ1v) is 12.8. The SMILES string of the molecule is CCCC[C@H](C)[C@@H]1CC(=O)N[C@@H](Cc2ccccc2)C(=O)N[C@@H](C)C(=O)N[C@H]([C@H](C)CC)C(=O)O1. The quantitative estimate of drug-likeness (QED) is 0.488. The fourth-order valence-corrected chi connectivity index (χ4v) is 4.12. The summed E-state index contributed by atoms with van der Waals surface area (Å²) >= 11 is 0. The molecule has 1 aromatic rings. The van der Waals surface area contributed by atoms with E-state index >= 15 is 0 Å². The van der Waals surface area contributed by atoms with Crippen molar-refractivity contribution in [2.24, 2.45) is 11.8 Å². The van der Waals surface area contributed by atoms with Crippen LogP contribution in [0.2, 0.25) is 0 Å². The first kappa shape index (κ1) is 28.3. The van der Waals surface area contributed by atoms with E-state index in [0.717, 1.165) is 24.8 Å². The first-order valence-electron chi connectivity index (χ1n) is 12.8. The number of carbonyl (C=O) groups is 4. The molecule has 1 aromatic carbocycles. The van der Waals surface area contributed by atoms with E-state index in [-0.39, 0.29) is 30.6 Å². The lowest BCUT2D eigenvalue weighted by molar-refractivity contribution is -0.158. The fraction of sp³-hybridized carbons (Fsp3) is 0.630. The molecule has 1 saturated heterocycles. The number of unbranched alkanes of at least 4 members (excludes halogenated alkanes) is 1. The van der Waals surface area contributed by atoms with Crippen LogP contribution in [0.1, 0.15) is 72.3 Å². The number of benzene rings is 1. The highest BCUT2D eigenvalue weighted by Gasteiger charge is 2.35. The predicted octanol–water partition coefficient (Wildman–Crippen LogP) is 2.89. The van der Waals surface area contributed by atoms with Gasteiger partial charge in [-0.1, -0.05) is 77.3 Å². The maximum atomic E-state index is 13.2. The second-order valence-corrected chi connectivity index (χ2v) is 9.71. The highest BCUT2D eigenvalue weighted by Crippen LogP contribution is 2.21. The summed E-state index contributed by atoms with van der Waals surface area (Å²) in [4.78, 5) is 52.3. The molecule has 1 fully saturated rings. The Labute approximate surface area is 208 Å². The van der Waals surface area contributed by atoms with E-state index in [2.05, 4.69) is 22.9 Å². The number of ether oxygens (including phenoxy) is 1. The van der Waals surface area contributed by atoms with Crippen LogP contribution >= 0.6 is 0 Å². The van der Waals surface area contributed by atoms with Crippen molar-refractivity contribution in [2.45, 2.75) is 97.4 Å². The Hall–Kier alpha value is -2.90. The molecule has 0 aliphatic carbocycles. The summed E-state index contributed by atoms with van der Waals surface area (Å²) in [5.41, 5.74) is 0.880. The summed E-state index contributed by atoms with van der Waals surface area (Å²) in [5, 5.41) is 8.28. The highest BCUT2D eigenvalue weighted by atomic mass is 16.5. The number of hydrogen-bond acceptors (Lipinski definition) is 5. The third-order valence-corrected chi connectivity index (χ3v) is 6.75. The zero-order chi connectivity index (χ0) is 26.0. The molecule has 3 N–H and O–H groups in total. The molecule has 0 spiro atoms. The molecule has 194 valence electrons. The molecule has 0 aromatic heterocycles. The van der Waals surface area contributed by atoms with Crippen molar-refractivity contribution < 1.29 is 23.9 Å². The van der Waals surface area contributed by atoms with Crippen LogP contribution in [0, 0.1) is 11.8 Å². The molecule has 1 heterocycles. The Bertz CT molecular complexity index is 860. The molecule has 1 aliphatic rings. The molecule has 35 heavy (non-hydrogen) atoms. The van der Waals surface area contributed by atoms with Gasteiger partial charge in [0, 0.05) is 6.42 Å². The van der Waals surface area contributed by atoms with E-state index in [1.165, 1.54) is 0 Å². The number of amides is 3. The molecule has 1 aliphatic heterocycles. The van der Waals surface area contributed by atoms with Gasteiger partial charge in [-0.3, -0.25) is 14.4 Å². The van der Waals surface area contributed by atoms with E-state index < -0.39 is 42.0 Å². The molecule has 0 saturated carbocycles. The van der Waals surface area contributed by atoms with Gasteiger partial charge >= 0.3 is 5.97 Å². The van der Waals surface area contributed by atoms with Gasteiger partial charge in [0.05, 0.1) is 6.42 Å². The van der Waals surface area contributed by atoms with Crippen molar-refractivity contribution in [3.05, 3.63) is 35.9 Å². The van der Waals surface area contributed by atoms with Gasteiger partial charge in [-0.15, -0.1) is 0 Å². The predicted molar refractivity (Wildman–Crippen MR) is 134 cm³/mol. The molecule has 6 atom stereocenters. The van der Waals surface area contributed by atoms with Crippen molar-refractivity contribution in [3.8, 4) is 0 Å². The standard InChI is InChI=1S/C27H41N3O5/c1-6-8-12-18(4)22-16-23(31)29-21(15-20-13-10-9-11-14-20)26(33)28-19(5)25(32)30-24(17(3)7-2)27(34)35-22/h9-11,13-14,17-19,21-22,24H,6-8,12,15-16H2,1-5H3,(H,28,33)(H,29,31)(H,30,32)/t17-,18+,19+,21+,22+,24-/m1/s1. The molecule has 3 amide bonds. The van der Waals surface area contributed by atoms with Crippen LogP contribution in [0.4, 0.5) is 0 Å². The second-order valence-electron chi connectivity index (χ2n) is 9.71. The van der Waals surface area contributed by atoms with Gasteiger partial charge in [-0.05, 0) is 30.7 Å². The van der Waals surface area contributed by atoms with Crippen LogP contribution in [0.25, 0.3) is 0 Å². The fourth-order valence-electron chi connectivity index (χ4n) is 4.12. The lowest BCUT2D eigenvalue weighted by Gasteiger charge is -2.29. The first-order chi connectivity index (χ1) is 16.7. The topological polar surface area (TPSA) is 114 Å². The molecular weight excluding hydrogens is 446 g/mol. The minimum absolute atomic E-state index is 0.0497. The Kier molecular flexibility index (Phi) is 11.2. The van der Waals surface area contributed by atoms with Crippen LogP contribution in [0.3, 0.4) is 0 Å². The van der Waals surface area contributed by atoms with Gasteiger partial charge in [0.15, 0.2) is 0 Å². The van der Waals surface area contributed by atoms with Crippen molar-refractivity contribution >= 4 is 23.7 Å². The Morgan fingerprint density at radius 3 is 2.26 bits per heavy atom. The van der Waals surface area contributed by atoms with Crippen LogP contribution in [-0.4, -0.2) is 47.9 Å². The van der Waals surface area contributed by atoms with Gasteiger partial charge in [0.2, 0.25) is 17.7 Å². The minimum Gasteiger partial charge on any atom is -0.460 e. The van der Waals surface area contributed by atoms with Crippen molar-refractivity contribution in [1.82, 2.24) is 16.0 Å². The van der Waals surface area contributed by atoms with Gasteiger partial charge in [0.25, 0.3) is 0 Å². The van der Waals surface area contributed by atoms with Crippen LogP contribution in [-0.2, 0) is 30.3 Å². The zero-order valence-corrected chi connectivity index (χ0v) is 21.6. The van der Waals surface area contributed by atoms with Crippen molar-refractivity contribution in [3.63, 3.8) is 0 Å². The zero-order valence-electron chi connectivity index (χ0n) is 21.6. The summed E-state index contributed by atoms with van der Waals surface area (Å²) in [5.74, 6) is -2.07. The maximum absolute atomic E-state index is 13.2.